The predicted molar refractivity (Wildman–Crippen MR) is 87.6 cm³/mol. The molecule has 0 saturated carbocycles. The standard InChI is InChI=1S/C15H10BrClN2O2/c1-8-13(17)18-15(21)19(14(8)20)12-5-3-9-6-11(16)4-2-10(9)7-12/h2-7H,1H3,(H,18,21). The highest BCUT2D eigenvalue weighted by Crippen LogP contribution is 2.21. The zero-order valence-electron chi connectivity index (χ0n) is 11.0. The van der Waals surface area contributed by atoms with E-state index in [1.807, 2.05) is 24.3 Å². The van der Waals surface area contributed by atoms with Crippen LogP contribution in [0.3, 0.4) is 0 Å². The molecule has 0 unspecified atom stereocenters. The molecule has 0 aliphatic heterocycles. The summed E-state index contributed by atoms with van der Waals surface area (Å²) >= 11 is 9.23. The fourth-order valence-corrected chi connectivity index (χ4v) is 2.72. The van der Waals surface area contributed by atoms with Crippen LogP contribution in [0.1, 0.15) is 5.56 Å². The van der Waals surface area contributed by atoms with E-state index in [-0.39, 0.29) is 5.15 Å². The minimum absolute atomic E-state index is 0.0750. The highest BCUT2D eigenvalue weighted by atomic mass is 79.9. The molecule has 0 radical (unpaired) electrons. The summed E-state index contributed by atoms with van der Waals surface area (Å²) in [6, 6.07) is 11.2. The molecule has 21 heavy (non-hydrogen) atoms. The Balaban J connectivity index is 2.31. The van der Waals surface area contributed by atoms with Gasteiger partial charge in [0.1, 0.15) is 5.15 Å². The van der Waals surface area contributed by atoms with E-state index >= 15 is 0 Å². The largest absolute Gasteiger partial charge is 0.334 e. The van der Waals surface area contributed by atoms with Crippen LogP contribution in [0, 0.1) is 6.92 Å². The van der Waals surface area contributed by atoms with Crippen LogP contribution in [0.2, 0.25) is 5.15 Å². The third-order valence-corrected chi connectivity index (χ3v) is 4.19. The van der Waals surface area contributed by atoms with Gasteiger partial charge >= 0.3 is 5.69 Å². The van der Waals surface area contributed by atoms with Crippen LogP contribution >= 0.6 is 27.5 Å². The molecule has 1 aromatic heterocycles. The van der Waals surface area contributed by atoms with Crippen molar-refractivity contribution < 1.29 is 0 Å². The highest BCUT2D eigenvalue weighted by molar-refractivity contribution is 9.10. The Morgan fingerprint density at radius 3 is 2.52 bits per heavy atom. The number of nitrogens with one attached hydrogen (secondary N) is 1. The molecule has 0 aliphatic rings. The summed E-state index contributed by atoms with van der Waals surface area (Å²) < 4.78 is 2.06. The first-order valence-corrected chi connectivity index (χ1v) is 7.35. The highest BCUT2D eigenvalue weighted by Gasteiger charge is 2.11. The number of aromatic amines is 1. The fourth-order valence-electron chi connectivity index (χ4n) is 2.17. The molecule has 1 heterocycles. The second kappa shape index (κ2) is 5.16. The third kappa shape index (κ3) is 2.43. The average molecular weight is 366 g/mol. The zero-order valence-corrected chi connectivity index (χ0v) is 13.3. The smallest absolute Gasteiger partial charge is 0.297 e. The average Bonchev–Trinajstić information content (AvgIpc) is 2.45. The summed E-state index contributed by atoms with van der Waals surface area (Å²) in [5.74, 6) is 0. The van der Waals surface area contributed by atoms with E-state index in [9.17, 15) is 9.59 Å². The van der Waals surface area contributed by atoms with Crippen LogP contribution in [0.25, 0.3) is 16.5 Å². The fraction of sp³-hybridized carbons (Fsp3) is 0.0667. The van der Waals surface area contributed by atoms with Crippen LogP contribution in [0.4, 0.5) is 0 Å². The summed E-state index contributed by atoms with van der Waals surface area (Å²) in [6.45, 7) is 1.58. The molecule has 0 spiro atoms. The first kappa shape index (κ1) is 14.1. The van der Waals surface area contributed by atoms with Gasteiger partial charge < -0.3 is 0 Å². The zero-order chi connectivity index (χ0) is 15.1. The molecule has 106 valence electrons. The number of rotatable bonds is 1. The van der Waals surface area contributed by atoms with Gasteiger partial charge in [0, 0.05) is 4.47 Å². The van der Waals surface area contributed by atoms with Crippen LogP contribution in [0.15, 0.2) is 50.5 Å². The monoisotopic (exact) mass is 364 g/mol. The van der Waals surface area contributed by atoms with E-state index in [4.69, 9.17) is 11.6 Å². The molecular weight excluding hydrogens is 356 g/mol. The van der Waals surface area contributed by atoms with Crippen LogP contribution in [0.5, 0.6) is 0 Å². The normalized spacial score (nSPS) is 11.0. The molecule has 0 atom stereocenters. The van der Waals surface area contributed by atoms with Gasteiger partial charge in [-0.25, -0.2) is 9.36 Å². The lowest BCUT2D eigenvalue weighted by Crippen LogP contribution is -2.35. The maximum atomic E-state index is 12.3. The van der Waals surface area contributed by atoms with Crippen molar-refractivity contribution in [1.29, 1.82) is 0 Å². The van der Waals surface area contributed by atoms with Gasteiger partial charge in [0.2, 0.25) is 0 Å². The Bertz CT molecular complexity index is 976. The number of hydrogen-bond donors (Lipinski definition) is 1. The summed E-state index contributed by atoms with van der Waals surface area (Å²) in [5, 5.41) is 2.03. The number of benzene rings is 2. The Labute approximate surface area is 133 Å². The second-order valence-corrected chi connectivity index (χ2v) is 5.98. The Kier molecular flexibility index (Phi) is 3.47. The summed E-state index contributed by atoms with van der Waals surface area (Å²) in [4.78, 5) is 26.7. The van der Waals surface area contributed by atoms with E-state index in [1.54, 1.807) is 19.1 Å². The topological polar surface area (TPSA) is 54.9 Å². The number of hydrogen-bond acceptors (Lipinski definition) is 2. The summed E-state index contributed by atoms with van der Waals surface area (Å²) in [5.41, 5.74) is -0.143. The SMILES string of the molecule is Cc1c(Cl)[nH]c(=O)n(-c2ccc3cc(Br)ccc3c2)c1=O. The van der Waals surface area contributed by atoms with E-state index in [0.29, 0.717) is 11.3 Å². The molecule has 0 aliphatic carbocycles. The predicted octanol–water partition coefficient (Wildman–Crippen LogP) is 3.40. The van der Waals surface area contributed by atoms with Crippen LogP contribution < -0.4 is 11.2 Å². The molecule has 0 bridgehead atoms. The van der Waals surface area contributed by atoms with Crippen molar-refractivity contribution in [2.24, 2.45) is 0 Å². The van der Waals surface area contributed by atoms with Gasteiger partial charge in [0.05, 0.1) is 11.3 Å². The Morgan fingerprint density at radius 2 is 1.76 bits per heavy atom. The van der Waals surface area contributed by atoms with Gasteiger partial charge in [-0.2, -0.15) is 0 Å². The van der Waals surface area contributed by atoms with Gasteiger partial charge in [0.25, 0.3) is 5.56 Å². The van der Waals surface area contributed by atoms with Crippen LogP contribution in [-0.4, -0.2) is 9.55 Å². The number of halogens is 2. The second-order valence-electron chi connectivity index (χ2n) is 4.69. The maximum absolute atomic E-state index is 12.3. The van der Waals surface area contributed by atoms with Crippen molar-refractivity contribution in [1.82, 2.24) is 9.55 Å². The lowest BCUT2D eigenvalue weighted by Gasteiger charge is -2.08. The van der Waals surface area contributed by atoms with Gasteiger partial charge in [0.15, 0.2) is 0 Å². The molecule has 3 aromatic rings. The first-order valence-electron chi connectivity index (χ1n) is 6.18. The number of H-pyrrole nitrogens is 1. The van der Waals surface area contributed by atoms with Crippen molar-refractivity contribution in [2.45, 2.75) is 6.92 Å². The lowest BCUT2D eigenvalue weighted by atomic mass is 10.1. The molecule has 0 saturated heterocycles. The summed E-state index contributed by atoms with van der Waals surface area (Å²) in [7, 11) is 0. The summed E-state index contributed by atoms with van der Waals surface area (Å²) in [6.07, 6.45) is 0. The van der Waals surface area contributed by atoms with Crippen molar-refractivity contribution in [3.05, 3.63) is 72.4 Å². The first-order chi connectivity index (χ1) is 9.97. The molecule has 0 fully saturated rings. The third-order valence-electron chi connectivity index (χ3n) is 3.32. The van der Waals surface area contributed by atoms with Crippen molar-refractivity contribution in [2.75, 3.05) is 0 Å². The molecular formula is C15H10BrClN2O2. The lowest BCUT2D eigenvalue weighted by molar-refractivity contribution is 0.861. The van der Waals surface area contributed by atoms with Gasteiger partial charge in [-0.1, -0.05) is 39.7 Å². The number of fused-ring (bicyclic) bond motifs is 1. The number of aromatic nitrogens is 2. The molecule has 4 nitrogen and oxygen atoms in total. The van der Waals surface area contributed by atoms with Gasteiger partial charge in [-0.05, 0) is 42.0 Å². The molecule has 1 N–H and O–H groups in total. The molecule has 3 rings (SSSR count). The molecule has 2 aromatic carbocycles. The quantitative estimate of drug-likeness (QED) is 0.672. The van der Waals surface area contributed by atoms with Crippen LogP contribution in [-0.2, 0) is 0 Å². The number of nitrogens with zero attached hydrogens (tertiary/aromatic N) is 1. The maximum Gasteiger partial charge on any atom is 0.334 e. The minimum Gasteiger partial charge on any atom is -0.297 e. The molecule has 0 amide bonds. The Morgan fingerprint density at radius 1 is 1.10 bits per heavy atom. The van der Waals surface area contributed by atoms with Gasteiger partial charge in [-0.15, -0.1) is 0 Å². The van der Waals surface area contributed by atoms with E-state index in [0.717, 1.165) is 19.8 Å². The van der Waals surface area contributed by atoms with E-state index in [2.05, 4.69) is 20.9 Å². The van der Waals surface area contributed by atoms with Crippen molar-refractivity contribution in [3.63, 3.8) is 0 Å². The van der Waals surface area contributed by atoms with Gasteiger partial charge in [-0.3, -0.25) is 9.78 Å². The molecule has 6 heteroatoms. The van der Waals surface area contributed by atoms with E-state index in [1.165, 1.54) is 0 Å². The Hall–Kier alpha value is -1.85. The minimum atomic E-state index is -0.549. The van der Waals surface area contributed by atoms with E-state index < -0.39 is 11.2 Å². The van der Waals surface area contributed by atoms with Crippen molar-refractivity contribution in [3.8, 4) is 5.69 Å². The van der Waals surface area contributed by atoms with Crippen molar-refractivity contribution >= 4 is 38.3 Å².